The Labute approximate surface area is 463 Å². The van der Waals surface area contributed by atoms with E-state index in [4.69, 9.17) is 66.4 Å². The van der Waals surface area contributed by atoms with Crippen molar-refractivity contribution in [3.8, 4) is 0 Å². The first-order chi connectivity index (χ1) is 35.3. The lowest BCUT2D eigenvalue weighted by atomic mass is 10.1. The molecule has 15 nitrogen and oxygen atoms in total. The van der Waals surface area contributed by atoms with Gasteiger partial charge >= 0.3 is 43.8 Å². The van der Waals surface area contributed by atoms with Crippen molar-refractivity contribution in [3.63, 3.8) is 0 Å². The van der Waals surface area contributed by atoms with Crippen LogP contribution in [0.3, 0.4) is 0 Å². The number of unbranched alkanes of at least 4 members (excludes halogenated alkanes) is 14. The maximum atomic E-state index is 5.49. The molecule has 0 saturated carbocycles. The average Bonchev–Trinajstić information content (AvgIpc) is 3.44. The van der Waals surface area contributed by atoms with E-state index in [2.05, 4.69) is 59.1 Å². The Morgan fingerprint density at radius 3 is 0.757 bits per heavy atom. The second kappa shape index (κ2) is 58.3. The third-order valence-corrected chi connectivity index (χ3v) is 28.4. The summed E-state index contributed by atoms with van der Waals surface area (Å²) in [5.41, 5.74) is 1.58. The molecule has 0 aromatic carbocycles. The molecule has 0 N–H and O–H groups in total. The molecule has 0 amide bonds. The van der Waals surface area contributed by atoms with E-state index >= 15 is 0 Å². The third-order valence-electron chi connectivity index (χ3n) is 12.2. The van der Waals surface area contributed by atoms with E-state index in [-0.39, 0.29) is 0 Å². The molecule has 0 heterocycles. The molecule has 0 bridgehead atoms. The number of hydrogen-bond acceptors (Lipinski definition) is 15. The van der Waals surface area contributed by atoms with Crippen LogP contribution in [0.2, 0.25) is 49.9 Å². The monoisotopic (exact) mass is 1160 g/mol. The van der Waals surface area contributed by atoms with Crippen molar-refractivity contribution in [2.75, 3.05) is 107 Å². The molecule has 0 aliphatic carbocycles. The fourth-order valence-corrected chi connectivity index (χ4v) is 15.3. The highest BCUT2D eigenvalue weighted by molar-refractivity contribution is 6.71. The molecular weight excluding hydrogens is 1050 g/mol. The minimum Gasteiger partial charge on any atom is -0.420 e. The van der Waals surface area contributed by atoms with Crippen molar-refractivity contribution in [2.24, 2.45) is 0 Å². The highest BCUT2D eigenvalue weighted by Gasteiger charge is 2.38. The quantitative estimate of drug-likeness (QED) is 0.0325. The van der Waals surface area contributed by atoms with Crippen LogP contribution in [-0.4, -0.2) is 159 Å². The first-order valence-corrected chi connectivity index (χ1v) is 39.5. The van der Waals surface area contributed by atoms with Crippen molar-refractivity contribution >= 4 is 52.1 Å². The molecule has 0 aromatic rings. The van der Waals surface area contributed by atoms with Crippen LogP contribution >= 0.6 is 0 Å². The third kappa shape index (κ3) is 48.3. The average molecular weight is 1160 g/mol. The predicted octanol–water partition coefficient (Wildman–Crippen LogP) is 14.3. The van der Waals surface area contributed by atoms with Gasteiger partial charge in [-0.1, -0.05) is 88.3 Å². The van der Waals surface area contributed by atoms with Crippen LogP contribution in [0, 0.1) is 0 Å². The van der Waals surface area contributed by atoms with Gasteiger partial charge in [-0.05, 0) is 102 Å². The number of rotatable bonds is 44. The summed E-state index contributed by atoms with van der Waals surface area (Å²) in [5, 5.41) is 0. The Morgan fingerprint density at radius 2 is 0.541 bits per heavy atom. The summed E-state index contributed by atoms with van der Waals surface area (Å²) < 4.78 is 78.4. The second-order valence-electron chi connectivity index (χ2n) is 17.6. The van der Waals surface area contributed by atoms with Crippen molar-refractivity contribution in [2.45, 2.75) is 165 Å². The lowest BCUT2D eigenvalue weighted by Crippen LogP contribution is -2.42. The molecule has 0 fully saturated rings. The van der Waals surface area contributed by atoms with Gasteiger partial charge in [0.1, 0.15) is 0 Å². The molecule has 0 aromatic heterocycles. The normalized spacial score (nSPS) is 11.6. The van der Waals surface area contributed by atoms with Crippen LogP contribution in [0.4, 0.5) is 0 Å². The van der Waals surface area contributed by atoms with Gasteiger partial charge in [-0.3, -0.25) is 0 Å². The summed E-state index contributed by atoms with van der Waals surface area (Å²) in [6.45, 7) is 28.6. The zero-order chi connectivity index (χ0) is 58.1. The van der Waals surface area contributed by atoms with Gasteiger partial charge in [0.05, 0.1) is 0 Å². The first kappa shape index (κ1) is 84.4. The van der Waals surface area contributed by atoms with Gasteiger partial charge in [0.15, 0.2) is 8.32 Å². The van der Waals surface area contributed by atoms with Gasteiger partial charge in [-0.2, -0.15) is 0 Å². The molecule has 0 saturated heterocycles. The van der Waals surface area contributed by atoms with E-state index < -0.39 is 52.1 Å². The fourth-order valence-electron chi connectivity index (χ4n) is 6.57. The topological polar surface area (TPSA) is 138 Å². The predicted molar refractivity (Wildman–Crippen MR) is 326 cm³/mol. The lowest BCUT2D eigenvalue weighted by molar-refractivity contribution is 0.122. The van der Waals surface area contributed by atoms with Crippen molar-refractivity contribution in [1.82, 2.24) is 0 Å². The van der Waals surface area contributed by atoms with Gasteiger partial charge in [-0.25, -0.2) is 0 Å². The Bertz CT molecular complexity index is 1200. The molecule has 0 radical (unpaired) electrons. The molecule has 74 heavy (non-hydrogen) atoms. The van der Waals surface area contributed by atoms with Crippen LogP contribution < -0.4 is 0 Å². The number of hydrogen-bond donors (Lipinski definition) is 0. The zero-order valence-corrected chi connectivity index (χ0v) is 57.1. The first-order valence-electron chi connectivity index (χ1n) is 26.2. The summed E-state index contributed by atoms with van der Waals surface area (Å²) in [7, 11) is 12.3. The highest BCUT2D eigenvalue weighted by Crippen LogP contribution is 2.20. The molecule has 0 spiro atoms. The van der Waals surface area contributed by atoms with Crippen LogP contribution in [0.25, 0.3) is 0 Å². The maximum absolute atomic E-state index is 5.49. The Morgan fingerprint density at radius 1 is 0.270 bits per heavy atom. The van der Waals surface area contributed by atoms with Gasteiger partial charge in [0, 0.05) is 125 Å². The molecular formula is C53H118O15Si6. The van der Waals surface area contributed by atoms with Crippen LogP contribution in [0.5, 0.6) is 0 Å². The molecule has 0 aliphatic rings. The minimum atomic E-state index is -2.43. The van der Waals surface area contributed by atoms with Gasteiger partial charge in [0.25, 0.3) is 0 Å². The second-order valence-corrected chi connectivity index (χ2v) is 37.6. The Hall–Kier alpha value is -0.859. The van der Waals surface area contributed by atoms with Crippen LogP contribution in [0.1, 0.15) is 116 Å². The summed E-state index contributed by atoms with van der Waals surface area (Å²) in [6.07, 6.45) is 31.5. The van der Waals surface area contributed by atoms with E-state index in [9.17, 15) is 0 Å². The summed E-state index contributed by atoms with van der Waals surface area (Å²) in [5.74, 6) is 0. The van der Waals surface area contributed by atoms with Crippen molar-refractivity contribution < 1.29 is 66.4 Å². The smallest absolute Gasteiger partial charge is 0.420 e. The SMILES string of the molecule is C=CCCCCCC[Si](C)(C)OC.C=CCCCCCC[Si](C)(OC)OC.C=CCCCCCC[Si](OC)(OC)OC.C=CCCCC[Si](OC)(OC)OC.C=CC[Si](OC)(OC)OC.C=C[Si](OC)(OC)OC. The van der Waals surface area contributed by atoms with Crippen LogP contribution in [-0.2, 0) is 66.4 Å². The lowest BCUT2D eigenvalue weighted by Gasteiger charge is -2.24. The van der Waals surface area contributed by atoms with E-state index in [0.29, 0.717) is 6.04 Å². The Kier molecular flexibility index (Phi) is 66.5. The fraction of sp³-hybridized carbons (Fsp3) is 0.774. The van der Waals surface area contributed by atoms with Gasteiger partial charge in [-0.15, -0.1) is 32.9 Å². The molecule has 0 aliphatic heterocycles. The number of allylic oxidation sites excluding steroid dienone is 5. The minimum absolute atomic E-state index is 0.649. The molecule has 21 heteroatoms. The van der Waals surface area contributed by atoms with E-state index in [1.54, 1.807) is 111 Å². The van der Waals surface area contributed by atoms with Crippen molar-refractivity contribution in [1.29, 1.82) is 0 Å². The summed E-state index contributed by atoms with van der Waals surface area (Å²) in [6, 6.07) is 4.84. The van der Waals surface area contributed by atoms with E-state index in [1.807, 2.05) is 31.4 Å². The molecule has 0 unspecified atom stereocenters. The summed E-state index contributed by atoms with van der Waals surface area (Å²) >= 11 is 0. The highest BCUT2D eigenvalue weighted by atomic mass is 28.4. The standard InChI is InChI=1S/C11H24O3Si.C11H24O2Si.C11H24OSi.C9H20O3Si.C6H14O3Si.C5H12O3Si/c1-5-6-7-8-9-10-11-15(12-2,13-3)14-4;1-5-6-7-8-9-10-11-14(4,12-2)13-3;1-5-6-7-8-9-10-11-13(3,4)12-2;1-5-6-7-8-9-13(10-2,11-3)12-4;1-5-6-10(7-2,8-3)9-4;1-5-9(6-2,7-3)8-4/h5H,1,6-11H2,2-4H3;5H,1,6-11H2,2-4H3;5H,1,6-11H2,2-4H3;5H,1,6-9H2,2-4H3;5H,1,6H2,2-4H3;5H,1H2,2-4H3. The van der Waals surface area contributed by atoms with Gasteiger partial charge < -0.3 is 66.4 Å². The molecule has 0 atom stereocenters. The van der Waals surface area contributed by atoms with Gasteiger partial charge in [0.2, 0.25) is 0 Å². The maximum Gasteiger partial charge on any atom is 0.528 e. The van der Waals surface area contributed by atoms with E-state index in [1.165, 1.54) is 83.1 Å². The van der Waals surface area contributed by atoms with Crippen molar-refractivity contribution in [3.05, 3.63) is 75.6 Å². The van der Waals surface area contributed by atoms with Crippen LogP contribution in [0.15, 0.2) is 75.6 Å². The van der Waals surface area contributed by atoms with E-state index in [0.717, 1.165) is 56.7 Å². The zero-order valence-electron chi connectivity index (χ0n) is 51.1. The molecule has 444 valence electrons. The summed E-state index contributed by atoms with van der Waals surface area (Å²) in [4.78, 5) is 0. The molecule has 0 rings (SSSR count). The largest absolute Gasteiger partial charge is 0.528 e. The Balaban J connectivity index is -0.000000189.